The Morgan fingerprint density at radius 3 is 2.65 bits per heavy atom. The molecule has 1 atom stereocenters. The summed E-state index contributed by atoms with van der Waals surface area (Å²) >= 11 is 0. The van der Waals surface area contributed by atoms with Crippen LogP contribution in [0.1, 0.15) is 45.7 Å². The highest BCUT2D eigenvalue weighted by molar-refractivity contribution is 5.30. The molecule has 17 heavy (non-hydrogen) atoms. The van der Waals surface area contributed by atoms with Crippen LogP contribution in [0.5, 0.6) is 5.75 Å². The Morgan fingerprint density at radius 2 is 2.00 bits per heavy atom. The minimum atomic E-state index is 0.377. The maximum atomic E-state index is 5.64. The molecule has 1 rings (SSSR count). The fourth-order valence-corrected chi connectivity index (χ4v) is 1.62. The summed E-state index contributed by atoms with van der Waals surface area (Å²) in [5.41, 5.74) is 1.29. The van der Waals surface area contributed by atoms with Crippen molar-refractivity contribution in [1.29, 1.82) is 0 Å². The van der Waals surface area contributed by atoms with Gasteiger partial charge in [-0.2, -0.15) is 0 Å². The molecule has 0 aliphatic heterocycles. The molecule has 2 heteroatoms. The lowest BCUT2D eigenvalue weighted by Crippen LogP contribution is -2.23. The van der Waals surface area contributed by atoms with Crippen LogP contribution in [0.4, 0.5) is 0 Å². The summed E-state index contributed by atoms with van der Waals surface area (Å²) in [7, 11) is 0. The second kappa shape index (κ2) is 7.33. The van der Waals surface area contributed by atoms with E-state index in [1.807, 2.05) is 6.07 Å². The summed E-state index contributed by atoms with van der Waals surface area (Å²) in [5, 5.41) is 3.53. The first-order chi connectivity index (χ1) is 8.13. The Balaban J connectivity index is 2.57. The van der Waals surface area contributed by atoms with Crippen molar-refractivity contribution in [3.05, 3.63) is 29.8 Å². The maximum absolute atomic E-state index is 5.64. The second-order valence-electron chi connectivity index (χ2n) is 4.94. The summed E-state index contributed by atoms with van der Waals surface area (Å²) in [6.07, 6.45) is 1.05. The molecule has 0 saturated heterocycles. The fraction of sp³-hybridized carbons (Fsp3) is 0.600. The Labute approximate surface area is 105 Å². The van der Waals surface area contributed by atoms with Crippen LogP contribution in [0, 0.1) is 5.92 Å². The maximum Gasteiger partial charge on any atom is 0.119 e. The lowest BCUT2D eigenvalue weighted by molar-refractivity contribution is 0.316. The zero-order valence-corrected chi connectivity index (χ0v) is 11.5. The third-order valence-corrected chi connectivity index (χ3v) is 2.66. The van der Waals surface area contributed by atoms with Gasteiger partial charge < -0.3 is 10.1 Å². The van der Waals surface area contributed by atoms with E-state index in [9.17, 15) is 0 Å². The van der Waals surface area contributed by atoms with Gasteiger partial charge in [0.05, 0.1) is 6.61 Å². The minimum absolute atomic E-state index is 0.377. The number of hydrogen-bond donors (Lipinski definition) is 1. The van der Waals surface area contributed by atoms with Crippen LogP contribution in [0.25, 0.3) is 0 Å². The van der Waals surface area contributed by atoms with Crippen molar-refractivity contribution in [1.82, 2.24) is 5.32 Å². The van der Waals surface area contributed by atoms with Crippen LogP contribution in [-0.4, -0.2) is 13.2 Å². The third kappa shape index (κ3) is 5.22. The van der Waals surface area contributed by atoms with E-state index in [4.69, 9.17) is 4.74 Å². The van der Waals surface area contributed by atoms with Crippen LogP contribution < -0.4 is 10.1 Å². The zero-order valence-electron chi connectivity index (χ0n) is 11.5. The average molecular weight is 235 g/mol. The molecular weight excluding hydrogens is 210 g/mol. The lowest BCUT2D eigenvalue weighted by atomic mass is 10.1. The van der Waals surface area contributed by atoms with Crippen molar-refractivity contribution in [3.63, 3.8) is 0 Å². The molecule has 0 aromatic heterocycles. The average Bonchev–Trinajstić information content (AvgIpc) is 2.33. The first-order valence-electron chi connectivity index (χ1n) is 6.59. The van der Waals surface area contributed by atoms with Gasteiger partial charge in [0.2, 0.25) is 0 Å². The van der Waals surface area contributed by atoms with E-state index in [1.165, 1.54) is 5.56 Å². The van der Waals surface area contributed by atoms with Crippen molar-refractivity contribution in [2.45, 2.75) is 40.2 Å². The Morgan fingerprint density at radius 1 is 1.24 bits per heavy atom. The van der Waals surface area contributed by atoms with Gasteiger partial charge >= 0.3 is 0 Å². The number of benzene rings is 1. The van der Waals surface area contributed by atoms with Gasteiger partial charge in [0.1, 0.15) is 5.75 Å². The molecule has 96 valence electrons. The molecule has 0 unspecified atom stereocenters. The highest BCUT2D eigenvalue weighted by Crippen LogP contribution is 2.19. The van der Waals surface area contributed by atoms with Gasteiger partial charge in [0.15, 0.2) is 0 Å². The van der Waals surface area contributed by atoms with E-state index in [0.717, 1.165) is 25.3 Å². The molecule has 1 aromatic rings. The first-order valence-corrected chi connectivity index (χ1v) is 6.59. The summed E-state index contributed by atoms with van der Waals surface area (Å²) in [4.78, 5) is 0. The van der Waals surface area contributed by atoms with E-state index in [0.29, 0.717) is 12.0 Å². The van der Waals surface area contributed by atoms with Crippen molar-refractivity contribution < 1.29 is 4.74 Å². The number of ether oxygens (including phenoxy) is 1. The topological polar surface area (TPSA) is 21.3 Å². The third-order valence-electron chi connectivity index (χ3n) is 2.66. The number of rotatable bonds is 7. The predicted molar refractivity (Wildman–Crippen MR) is 73.5 cm³/mol. The van der Waals surface area contributed by atoms with Crippen molar-refractivity contribution in [3.8, 4) is 5.75 Å². The molecule has 0 spiro atoms. The van der Waals surface area contributed by atoms with Gasteiger partial charge in [0, 0.05) is 6.04 Å². The van der Waals surface area contributed by atoms with E-state index < -0.39 is 0 Å². The molecule has 2 nitrogen and oxygen atoms in total. The van der Waals surface area contributed by atoms with E-state index in [1.54, 1.807) is 0 Å². The summed E-state index contributed by atoms with van der Waals surface area (Å²) in [6, 6.07) is 8.75. The Bertz CT molecular complexity index is 322. The van der Waals surface area contributed by atoms with Crippen LogP contribution in [0.2, 0.25) is 0 Å². The van der Waals surface area contributed by atoms with Crippen molar-refractivity contribution >= 4 is 0 Å². The highest BCUT2D eigenvalue weighted by atomic mass is 16.5. The second-order valence-corrected chi connectivity index (χ2v) is 4.94. The largest absolute Gasteiger partial charge is 0.494 e. The molecular formula is C15H25NO. The smallest absolute Gasteiger partial charge is 0.119 e. The Kier molecular flexibility index (Phi) is 6.06. The minimum Gasteiger partial charge on any atom is -0.494 e. The van der Waals surface area contributed by atoms with E-state index in [-0.39, 0.29) is 0 Å². The molecule has 0 saturated carbocycles. The molecule has 0 aliphatic rings. The van der Waals surface area contributed by atoms with Crippen LogP contribution in [-0.2, 0) is 0 Å². The predicted octanol–water partition coefficient (Wildman–Crippen LogP) is 3.78. The normalized spacial score (nSPS) is 12.8. The van der Waals surface area contributed by atoms with Crippen molar-refractivity contribution in [2.24, 2.45) is 5.92 Å². The van der Waals surface area contributed by atoms with E-state index in [2.05, 4.69) is 51.2 Å². The van der Waals surface area contributed by atoms with Crippen LogP contribution in [0.15, 0.2) is 24.3 Å². The van der Waals surface area contributed by atoms with Gasteiger partial charge in [0.25, 0.3) is 0 Å². The van der Waals surface area contributed by atoms with Crippen LogP contribution >= 0.6 is 0 Å². The quantitative estimate of drug-likeness (QED) is 0.776. The van der Waals surface area contributed by atoms with E-state index >= 15 is 0 Å². The summed E-state index contributed by atoms with van der Waals surface area (Å²) in [6.45, 7) is 10.6. The molecule has 0 heterocycles. The highest BCUT2D eigenvalue weighted by Gasteiger charge is 2.06. The standard InChI is InChI=1S/C15H25NO/c1-5-9-17-15-8-6-7-14(10-15)13(4)16-11-12(2)3/h6-8,10,12-13,16H,5,9,11H2,1-4H3/t13-/m0/s1. The zero-order chi connectivity index (χ0) is 12.7. The molecule has 1 aromatic carbocycles. The van der Waals surface area contributed by atoms with Crippen molar-refractivity contribution in [2.75, 3.05) is 13.2 Å². The van der Waals surface area contributed by atoms with Gasteiger partial charge in [-0.1, -0.05) is 32.9 Å². The molecule has 0 aliphatic carbocycles. The Hall–Kier alpha value is -1.02. The molecule has 1 N–H and O–H groups in total. The monoisotopic (exact) mass is 235 g/mol. The summed E-state index contributed by atoms with van der Waals surface area (Å²) < 4.78 is 5.64. The fourth-order valence-electron chi connectivity index (χ4n) is 1.62. The molecule has 0 bridgehead atoms. The number of nitrogens with one attached hydrogen (secondary N) is 1. The van der Waals surface area contributed by atoms with Gasteiger partial charge in [-0.15, -0.1) is 0 Å². The molecule has 0 radical (unpaired) electrons. The lowest BCUT2D eigenvalue weighted by Gasteiger charge is -2.16. The SMILES string of the molecule is CCCOc1cccc([C@H](C)NCC(C)C)c1. The molecule has 0 amide bonds. The van der Waals surface area contributed by atoms with Gasteiger partial charge in [-0.05, 0) is 43.5 Å². The molecule has 0 fully saturated rings. The first kappa shape index (κ1) is 14.0. The van der Waals surface area contributed by atoms with Gasteiger partial charge in [-0.3, -0.25) is 0 Å². The summed E-state index contributed by atoms with van der Waals surface area (Å²) in [5.74, 6) is 1.65. The van der Waals surface area contributed by atoms with Crippen LogP contribution in [0.3, 0.4) is 0 Å². The number of hydrogen-bond acceptors (Lipinski definition) is 2. The van der Waals surface area contributed by atoms with Gasteiger partial charge in [-0.25, -0.2) is 0 Å².